The molecule has 2 amide bonds. The number of carbonyl (C=O) groups excluding carboxylic acids is 1. The van der Waals surface area contributed by atoms with Crippen LogP contribution in [0, 0.1) is 0 Å². The lowest BCUT2D eigenvalue weighted by molar-refractivity contribution is 0.239. The fourth-order valence-electron chi connectivity index (χ4n) is 2.04. The Balaban J connectivity index is 1.82. The molecule has 5 nitrogen and oxygen atoms in total. The number of carbonyl (C=O) groups is 1. The third-order valence-corrected chi connectivity index (χ3v) is 3.27. The number of imidazole rings is 1. The highest BCUT2D eigenvalue weighted by Crippen LogP contribution is 2.08. The number of benzene rings is 1. The van der Waals surface area contributed by atoms with Crippen molar-refractivity contribution in [3.8, 4) is 0 Å². The molecule has 2 aromatic rings. The van der Waals surface area contributed by atoms with E-state index in [1.807, 2.05) is 36.0 Å². The number of aromatic nitrogens is 2. The zero-order chi connectivity index (χ0) is 14.4. The Morgan fingerprint density at radius 1 is 1.20 bits per heavy atom. The third kappa shape index (κ3) is 3.60. The number of hydrogen-bond donors (Lipinski definition) is 2. The molecule has 0 atom stereocenters. The number of amides is 2. The molecule has 0 fully saturated rings. The summed E-state index contributed by atoms with van der Waals surface area (Å²) in [6, 6.07) is 7.95. The van der Waals surface area contributed by atoms with Crippen LogP contribution >= 0.6 is 0 Å². The monoisotopic (exact) mass is 272 g/mol. The molecule has 0 aliphatic carbocycles. The molecule has 0 aliphatic rings. The van der Waals surface area contributed by atoms with Crippen molar-refractivity contribution in [2.24, 2.45) is 7.05 Å². The molecule has 0 unspecified atom stereocenters. The van der Waals surface area contributed by atoms with Gasteiger partial charge in [-0.2, -0.15) is 0 Å². The Kier molecular flexibility index (Phi) is 4.76. The van der Waals surface area contributed by atoms with Gasteiger partial charge in [0.25, 0.3) is 0 Å². The lowest BCUT2D eigenvalue weighted by Crippen LogP contribution is -2.35. The van der Waals surface area contributed by atoms with Crippen LogP contribution in [-0.2, 0) is 26.6 Å². The van der Waals surface area contributed by atoms with Crippen LogP contribution in [0.5, 0.6) is 0 Å². The van der Waals surface area contributed by atoms with Crippen molar-refractivity contribution < 1.29 is 4.79 Å². The van der Waals surface area contributed by atoms with Crippen molar-refractivity contribution in [3.05, 3.63) is 53.6 Å². The Morgan fingerprint density at radius 2 is 1.90 bits per heavy atom. The first-order chi connectivity index (χ1) is 9.70. The zero-order valence-corrected chi connectivity index (χ0v) is 11.9. The molecule has 1 aromatic carbocycles. The quantitative estimate of drug-likeness (QED) is 0.874. The molecule has 1 heterocycles. The maximum Gasteiger partial charge on any atom is 0.315 e. The third-order valence-electron chi connectivity index (χ3n) is 3.27. The van der Waals surface area contributed by atoms with Gasteiger partial charge in [-0.25, -0.2) is 9.78 Å². The van der Waals surface area contributed by atoms with Crippen LogP contribution in [0.15, 0.2) is 36.7 Å². The van der Waals surface area contributed by atoms with Crippen molar-refractivity contribution in [2.45, 2.75) is 26.4 Å². The van der Waals surface area contributed by atoms with Crippen LogP contribution in [0.4, 0.5) is 4.79 Å². The molecule has 0 radical (unpaired) electrons. The standard InChI is InChI=1S/C15H20N4O/c1-3-12-6-4-5-7-13(12)10-17-15(20)18-11-14-16-8-9-19(14)2/h4-9H,3,10-11H2,1-2H3,(H2,17,18,20). The van der Waals surface area contributed by atoms with E-state index in [9.17, 15) is 4.79 Å². The molecular formula is C15H20N4O. The first-order valence-electron chi connectivity index (χ1n) is 6.75. The van der Waals surface area contributed by atoms with Crippen LogP contribution in [0.2, 0.25) is 0 Å². The molecule has 5 heteroatoms. The summed E-state index contributed by atoms with van der Waals surface area (Å²) < 4.78 is 1.88. The van der Waals surface area contributed by atoms with E-state index in [2.05, 4.69) is 28.6 Å². The lowest BCUT2D eigenvalue weighted by atomic mass is 10.1. The van der Waals surface area contributed by atoms with E-state index in [0.29, 0.717) is 13.1 Å². The first kappa shape index (κ1) is 14.1. The molecule has 0 bridgehead atoms. The Bertz CT molecular complexity index is 577. The summed E-state index contributed by atoms with van der Waals surface area (Å²) in [5, 5.41) is 5.67. The molecule has 2 rings (SSSR count). The van der Waals surface area contributed by atoms with Gasteiger partial charge in [0, 0.05) is 26.0 Å². The summed E-state index contributed by atoms with van der Waals surface area (Å²) in [6.07, 6.45) is 4.53. The maximum absolute atomic E-state index is 11.8. The number of rotatable bonds is 5. The fourth-order valence-corrected chi connectivity index (χ4v) is 2.04. The number of aryl methyl sites for hydroxylation is 2. The van der Waals surface area contributed by atoms with Gasteiger partial charge in [0.05, 0.1) is 6.54 Å². The predicted octanol–water partition coefficient (Wildman–Crippen LogP) is 1.98. The second kappa shape index (κ2) is 6.75. The largest absolute Gasteiger partial charge is 0.337 e. The number of nitrogens with zero attached hydrogens (tertiary/aromatic N) is 2. The van der Waals surface area contributed by atoms with Crippen molar-refractivity contribution in [1.29, 1.82) is 0 Å². The number of nitrogens with one attached hydrogen (secondary N) is 2. The molecule has 1 aromatic heterocycles. The van der Waals surface area contributed by atoms with E-state index in [-0.39, 0.29) is 6.03 Å². The summed E-state index contributed by atoms with van der Waals surface area (Å²) >= 11 is 0. The zero-order valence-electron chi connectivity index (χ0n) is 11.9. The van der Waals surface area contributed by atoms with Gasteiger partial charge < -0.3 is 15.2 Å². The lowest BCUT2D eigenvalue weighted by Gasteiger charge is -2.10. The van der Waals surface area contributed by atoms with E-state index in [1.165, 1.54) is 5.56 Å². The minimum absolute atomic E-state index is 0.182. The summed E-state index contributed by atoms with van der Waals surface area (Å²) in [6.45, 7) is 3.07. The van der Waals surface area contributed by atoms with Crippen LogP contribution in [0.25, 0.3) is 0 Å². The topological polar surface area (TPSA) is 59.0 Å². The molecule has 0 saturated heterocycles. The molecule has 0 saturated carbocycles. The molecular weight excluding hydrogens is 252 g/mol. The SMILES string of the molecule is CCc1ccccc1CNC(=O)NCc1nccn1C. The molecule has 2 N–H and O–H groups in total. The van der Waals surface area contributed by atoms with Gasteiger partial charge in [-0.05, 0) is 17.5 Å². The van der Waals surface area contributed by atoms with Crippen LogP contribution in [-0.4, -0.2) is 15.6 Å². The first-order valence-corrected chi connectivity index (χ1v) is 6.75. The number of urea groups is 1. The second-order valence-electron chi connectivity index (χ2n) is 4.61. The smallest absolute Gasteiger partial charge is 0.315 e. The van der Waals surface area contributed by atoms with Crippen molar-refractivity contribution >= 4 is 6.03 Å². The minimum atomic E-state index is -0.182. The van der Waals surface area contributed by atoms with Crippen molar-refractivity contribution in [2.75, 3.05) is 0 Å². The van der Waals surface area contributed by atoms with E-state index >= 15 is 0 Å². The second-order valence-corrected chi connectivity index (χ2v) is 4.61. The van der Waals surface area contributed by atoms with Crippen molar-refractivity contribution in [1.82, 2.24) is 20.2 Å². The van der Waals surface area contributed by atoms with Crippen molar-refractivity contribution in [3.63, 3.8) is 0 Å². The maximum atomic E-state index is 11.8. The van der Waals surface area contributed by atoms with E-state index in [1.54, 1.807) is 6.20 Å². The van der Waals surface area contributed by atoms with Gasteiger partial charge in [-0.15, -0.1) is 0 Å². The van der Waals surface area contributed by atoms with Gasteiger partial charge >= 0.3 is 6.03 Å². The average molecular weight is 272 g/mol. The fraction of sp³-hybridized carbons (Fsp3) is 0.333. The molecule has 0 aliphatic heterocycles. The Morgan fingerprint density at radius 3 is 2.55 bits per heavy atom. The van der Waals surface area contributed by atoms with E-state index < -0.39 is 0 Å². The highest BCUT2D eigenvalue weighted by molar-refractivity contribution is 5.73. The summed E-state index contributed by atoms with van der Waals surface area (Å²) in [4.78, 5) is 15.9. The van der Waals surface area contributed by atoms with E-state index in [4.69, 9.17) is 0 Å². The van der Waals surface area contributed by atoms with Gasteiger partial charge in [0.2, 0.25) is 0 Å². The van der Waals surface area contributed by atoms with Crippen LogP contribution in [0.1, 0.15) is 23.9 Å². The van der Waals surface area contributed by atoms with Gasteiger partial charge in [0.1, 0.15) is 5.82 Å². The van der Waals surface area contributed by atoms with E-state index in [0.717, 1.165) is 17.8 Å². The van der Waals surface area contributed by atoms with Crippen LogP contribution < -0.4 is 10.6 Å². The Hall–Kier alpha value is -2.30. The van der Waals surface area contributed by atoms with Gasteiger partial charge in [0.15, 0.2) is 0 Å². The predicted molar refractivity (Wildman–Crippen MR) is 78.1 cm³/mol. The van der Waals surface area contributed by atoms with Gasteiger partial charge in [-0.3, -0.25) is 0 Å². The summed E-state index contributed by atoms with van der Waals surface area (Å²) in [5.41, 5.74) is 2.42. The summed E-state index contributed by atoms with van der Waals surface area (Å²) in [7, 11) is 1.90. The molecule has 106 valence electrons. The highest BCUT2D eigenvalue weighted by atomic mass is 16.2. The average Bonchev–Trinajstić information content (AvgIpc) is 2.88. The Labute approximate surface area is 119 Å². The normalized spacial score (nSPS) is 10.3. The minimum Gasteiger partial charge on any atom is -0.337 e. The molecule has 20 heavy (non-hydrogen) atoms. The van der Waals surface area contributed by atoms with Gasteiger partial charge in [-0.1, -0.05) is 31.2 Å². The highest BCUT2D eigenvalue weighted by Gasteiger charge is 2.05. The van der Waals surface area contributed by atoms with Crippen LogP contribution in [0.3, 0.4) is 0 Å². The number of hydrogen-bond acceptors (Lipinski definition) is 2. The molecule has 0 spiro atoms. The summed E-state index contributed by atoms with van der Waals surface area (Å²) in [5.74, 6) is 0.828.